The molecule has 0 aromatic heterocycles. The van der Waals surface area contributed by atoms with Crippen molar-refractivity contribution in [3.8, 4) is 5.75 Å². The average Bonchev–Trinajstić information content (AvgIpc) is 2.64. The highest BCUT2D eigenvalue weighted by atomic mass is 35.5. The second-order valence-electron chi connectivity index (χ2n) is 5.12. The van der Waals surface area contributed by atoms with E-state index in [1.807, 2.05) is 0 Å². The van der Waals surface area contributed by atoms with E-state index in [4.69, 9.17) is 21.4 Å². The number of carbonyl (C=O) groups is 3. The molecule has 0 saturated carbocycles. The zero-order chi connectivity index (χ0) is 19.8. The van der Waals surface area contributed by atoms with E-state index in [9.17, 15) is 14.4 Å². The number of nitrogens with one attached hydrogen (secondary N) is 2. The second-order valence-corrected chi connectivity index (χ2v) is 5.53. The van der Waals surface area contributed by atoms with Gasteiger partial charge in [0.1, 0.15) is 5.75 Å². The SMILES string of the molecule is CCOc1ccc(C(=O)O)cc1/C=N\NC(=O)C(=O)Nc1ccccc1Cl. The van der Waals surface area contributed by atoms with E-state index in [1.54, 1.807) is 31.2 Å². The molecular formula is C18H16ClN3O5. The quantitative estimate of drug-likeness (QED) is 0.398. The van der Waals surface area contributed by atoms with Crippen LogP contribution in [-0.4, -0.2) is 35.7 Å². The minimum atomic E-state index is -1.11. The Morgan fingerprint density at radius 2 is 1.93 bits per heavy atom. The van der Waals surface area contributed by atoms with E-state index >= 15 is 0 Å². The van der Waals surface area contributed by atoms with Gasteiger partial charge in [0.2, 0.25) is 0 Å². The third kappa shape index (κ3) is 5.55. The number of benzene rings is 2. The number of ether oxygens (including phenoxy) is 1. The molecule has 0 aliphatic carbocycles. The van der Waals surface area contributed by atoms with Crippen LogP contribution in [0.4, 0.5) is 5.69 Å². The topological polar surface area (TPSA) is 117 Å². The van der Waals surface area contributed by atoms with Gasteiger partial charge in [-0.25, -0.2) is 10.2 Å². The number of hydrazone groups is 1. The minimum Gasteiger partial charge on any atom is -0.493 e. The van der Waals surface area contributed by atoms with E-state index in [1.165, 1.54) is 24.4 Å². The van der Waals surface area contributed by atoms with Gasteiger partial charge in [0.15, 0.2) is 0 Å². The number of amides is 2. The Hall–Kier alpha value is -3.39. The molecule has 0 atom stereocenters. The second kappa shape index (κ2) is 9.35. The van der Waals surface area contributed by atoms with Crippen LogP contribution in [0, 0.1) is 0 Å². The van der Waals surface area contributed by atoms with Gasteiger partial charge in [-0.05, 0) is 37.3 Å². The molecule has 9 heteroatoms. The molecule has 0 saturated heterocycles. The summed E-state index contributed by atoms with van der Waals surface area (Å²) < 4.78 is 5.38. The fourth-order valence-electron chi connectivity index (χ4n) is 2.02. The summed E-state index contributed by atoms with van der Waals surface area (Å²) in [5, 5.41) is 15.4. The number of hydrogen-bond acceptors (Lipinski definition) is 5. The molecule has 27 heavy (non-hydrogen) atoms. The summed E-state index contributed by atoms with van der Waals surface area (Å²) in [4.78, 5) is 34.8. The lowest BCUT2D eigenvalue weighted by atomic mass is 10.1. The molecular weight excluding hydrogens is 374 g/mol. The van der Waals surface area contributed by atoms with Crippen LogP contribution in [0.3, 0.4) is 0 Å². The highest BCUT2D eigenvalue weighted by molar-refractivity contribution is 6.41. The first-order chi connectivity index (χ1) is 12.9. The molecule has 140 valence electrons. The number of halogens is 1. The molecule has 0 heterocycles. The van der Waals surface area contributed by atoms with Crippen LogP contribution in [-0.2, 0) is 9.59 Å². The fraction of sp³-hybridized carbons (Fsp3) is 0.111. The van der Waals surface area contributed by atoms with Crippen molar-refractivity contribution in [1.82, 2.24) is 5.43 Å². The molecule has 2 aromatic carbocycles. The molecule has 2 rings (SSSR count). The standard InChI is InChI=1S/C18H16ClN3O5/c1-2-27-15-8-7-11(18(25)26)9-12(15)10-20-22-17(24)16(23)21-14-6-4-3-5-13(14)19/h3-10H,2H2,1H3,(H,21,23)(H,22,24)(H,25,26)/b20-10-. The summed E-state index contributed by atoms with van der Waals surface area (Å²) in [7, 11) is 0. The number of rotatable bonds is 6. The summed E-state index contributed by atoms with van der Waals surface area (Å²) in [6, 6.07) is 10.7. The largest absolute Gasteiger partial charge is 0.493 e. The Morgan fingerprint density at radius 3 is 2.59 bits per heavy atom. The van der Waals surface area contributed by atoms with Crippen molar-refractivity contribution in [3.63, 3.8) is 0 Å². The Bertz CT molecular complexity index is 898. The van der Waals surface area contributed by atoms with Gasteiger partial charge in [0, 0.05) is 5.56 Å². The maximum Gasteiger partial charge on any atom is 0.335 e. The predicted octanol–water partition coefficient (Wildman–Crippen LogP) is 2.53. The Kier molecular flexibility index (Phi) is 6.90. The van der Waals surface area contributed by atoms with Crippen molar-refractivity contribution in [2.75, 3.05) is 11.9 Å². The third-order valence-corrected chi connectivity index (χ3v) is 3.58. The first kappa shape index (κ1) is 19.9. The molecule has 0 fully saturated rings. The maximum atomic E-state index is 11.9. The molecule has 0 spiro atoms. The van der Waals surface area contributed by atoms with E-state index in [-0.39, 0.29) is 16.3 Å². The highest BCUT2D eigenvalue weighted by Gasteiger charge is 2.14. The van der Waals surface area contributed by atoms with Crippen molar-refractivity contribution >= 4 is 41.3 Å². The number of aromatic carboxylic acids is 1. The normalized spacial score (nSPS) is 10.4. The number of carboxylic acids is 1. The van der Waals surface area contributed by atoms with Crippen molar-refractivity contribution in [2.45, 2.75) is 6.92 Å². The Labute approximate surface area is 159 Å². The lowest BCUT2D eigenvalue weighted by molar-refractivity contribution is -0.136. The number of carboxylic acid groups (broad SMARTS) is 1. The summed E-state index contributed by atoms with van der Waals surface area (Å²) >= 11 is 5.91. The highest BCUT2D eigenvalue weighted by Crippen LogP contribution is 2.20. The van der Waals surface area contributed by atoms with Crippen LogP contribution in [0.5, 0.6) is 5.75 Å². The lowest BCUT2D eigenvalue weighted by Gasteiger charge is -2.08. The molecule has 0 radical (unpaired) electrons. The molecule has 2 aromatic rings. The number of carbonyl (C=O) groups excluding carboxylic acids is 2. The molecule has 3 N–H and O–H groups in total. The van der Waals surface area contributed by atoms with Crippen molar-refractivity contribution in [1.29, 1.82) is 0 Å². The molecule has 0 bridgehead atoms. The number of hydrogen-bond donors (Lipinski definition) is 3. The third-order valence-electron chi connectivity index (χ3n) is 3.25. The van der Waals surface area contributed by atoms with Gasteiger partial charge in [0.25, 0.3) is 0 Å². The first-order valence-corrected chi connectivity index (χ1v) is 8.19. The molecule has 0 aliphatic heterocycles. The molecule has 8 nitrogen and oxygen atoms in total. The smallest absolute Gasteiger partial charge is 0.335 e. The Morgan fingerprint density at radius 1 is 1.19 bits per heavy atom. The van der Waals surface area contributed by atoms with E-state index in [2.05, 4.69) is 15.8 Å². The van der Waals surface area contributed by atoms with Crippen LogP contribution in [0.1, 0.15) is 22.8 Å². The van der Waals surface area contributed by atoms with Gasteiger partial charge in [-0.1, -0.05) is 23.7 Å². The van der Waals surface area contributed by atoms with Gasteiger partial charge >= 0.3 is 17.8 Å². The minimum absolute atomic E-state index is 0.0303. The lowest BCUT2D eigenvalue weighted by Crippen LogP contribution is -2.32. The zero-order valence-electron chi connectivity index (χ0n) is 14.2. The van der Waals surface area contributed by atoms with E-state index < -0.39 is 17.8 Å². The number of nitrogens with zero attached hydrogens (tertiary/aromatic N) is 1. The summed E-state index contributed by atoms with van der Waals surface area (Å²) in [6.07, 6.45) is 1.19. The first-order valence-electron chi connectivity index (χ1n) is 7.81. The van der Waals surface area contributed by atoms with Crippen molar-refractivity contribution < 1.29 is 24.2 Å². The predicted molar refractivity (Wildman–Crippen MR) is 100 cm³/mol. The van der Waals surface area contributed by atoms with Crippen LogP contribution in [0.25, 0.3) is 0 Å². The van der Waals surface area contributed by atoms with Crippen molar-refractivity contribution in [3.05, 3.63) is 58.6 Å². The zero-order valence-corrected chi connectivity index (χ0v) is 15.0. The monoisotopic (exact) mass is 389 g/mol. The van der Waals surface area contributed by atoms with Gasteiger partial charge in [-0.2, -0.15) is 5.10 Å². The van der Waals surface area contributed by atoms with Gasteiger partial charge < -0.3 is 15.2 Å². The molecule has 2 amide bonds. The molecule has 0 aliphatic rings. The number of para-hydroxylation sites is 1. The average molecular weight is 390 g/mol. The van der Waals surface area contributed by atoms with E-state index in [0.29, 0.717) is 17.9 Å². The van der Waals surface area contributed by atoms with Gasteiger partial charge in [0.05, 0.1) is 29.1 Å². The van der Waals surface area contributed by atoms with Crippen molar-refractivity contribution in [2.24, 2.45) is 5.10 Å². The van der Waals surface area contributed by atoms with Gasteiger partial charge in [-0.15, -0.1) is 0 Å². The summed E-state index contributed by atoms with van der Waals surface area (Å²) in [5.41, 5.74) is 2.72. The maximum absolute atomic E-state index is 11.9. The van der Waals surface area contributed by atoms with Gasteiger partial charge in [-0.3, -0.25) is 9.59 Å². The van der Waals surface area contributed by atoms with Crippen LogP contribution in [0.15, 0.2) is 47.6 Å². The molecule has 0 unspecified atom stereocenters. The van der Waals surface area contributed by atoms with Crippen LogP contribution in [0.2, 0.25) is 5.02 Å². The summed E-state index contributed by atoms with van der Waals surface area (Å²) in [5.74, 6) is -2.69. The fourth-order valence-corrected chi connectivity index (χ4v) is 2.21. The van der Waals surface area contributed by atoms with Crippen LogP contribution >= 0.6 is 11.6 Å². The number of anilines is 1. The van der Waals surface area contributed by atoms with E-state index in [0.717, 1.165) is 0 Å². The summed E-state index contributed by atoms with van der Waals surface area (Å²) in [6.45, 7) is 2.13. The Balaban J connectivity index is 2.06. The van der Waals surface area contributed by atoms with Crippen LogP contribution < -0.4 is 15.5 Å².